The highest BCUT2D eigenvalue weighted by Gasteiger charge is 2.34. The predicted octanol–water partition coefficient (Wildman–Crippen LogP) is 4.07. The van der Waals surface area contributed by atoms with Crippen molar-refractivity contribution in [1.82, 2.24) is 4.90 Å². The first kappa shape index (κ1) is 17.3. The van der Waals surface area contributed by atoms with Gasteiger partial charge in [-0.1, -0.05) is 42.5 Å². The van der Waals surface area contributed by atoms with E-state index in [0.29, 0.717) is 23.9 Å². The third kappa shape index (κ3) is 3.44. The first-order valence-electron chi connectivity index (χ1n) is 8.43. The fraction of sp³-hybridized carbons (Fsp3) is 0.0952. The summed E-state index contributed by atoms with van der Waals surface area (Å²) in [6, 6.07) is 16.6. The lowest BCUT2D eigenvalue weighted by atomic mass is 10.1. The fourth-order valence-electron chi connectivity index (χ4n) is 2.91. The lowest BCUT2D eigenvalue weighted by molar-refractivity contribution is -0.122. The number of benzene rings is 2. The summed E-state index contributed by atoms with van der Waals surface area (Å²) < 4.78 is 5.46. The molecule has 1 aromatic heterocycles. The Balaban J connectivity index is 1.58. The molecule has 2 amide bonds. The maximum Gasteiger partial charge on any atom is 0.293 e. The molecule has 0 N–H and O–H groups in total. The number of para-hydroxylation sites is 1. The molecule has 0 saturated carbocycles. The average molecular weight is 377 g/mol. The molecule has 0 spiro atoms. The Labute approximate surface area is 159 Å². The monoisotopic (exact) mass is 377 g/mol. The van der Waals surface area contributed by atoms with Crippen LogP contribution in [-0.4, -0.2) is 22.6 Å². The number of carbonyl (C=O) groups excluding carboxylic acids is 2. The van der Waals surface area contributed by atoms with Gasteiger partial charge in [-0.15, -0.1) is 0 Å². The third-order valence-electron chi connectivity index (χ3n) is 4.33. The summed E-state index contributed by atoms with van der Waals surface area (Å²) in [6.07, 6.45) is 3.35. The van der Waals surface area contributed by atoms with Crippen LogP contribution in [0.25, 0.3) is 17.0 Å². The van der Waals surface area contributed by atoms with Crippen molar-refractivity contribution < 1.29 is 14.0 Å². The van der Waals surface area contributed by atoms with Gasteiger partial charge in [0.05, 0.1) is 15.9 Å². The van der Waals surface area contributed by atoms with Crippen LogP contribution >= 0.6 is 11.8 Å². The van der Waals surface area contributed by atoms with Crippen molar-refractivity contribution in [2.24, 2.45) is 0 Å². The van der Waals surface area contributed by atoms with E-state index in [-0.39, 0.29) is 27.0 Å². The molecule has 5 nitrogen and oxygen atoms in total. The van der Waals surface area contributed by atoms with Crippen molar-refractivity contribution in [2.75, 3.05) is 6.54 Å². The lowest BCUT2D eigenvalue weighted by Crippen LogP contribution is -2.30. The van der Waals surface area contributed by atoms with Crippen LogP contribution in [-0.2, 0) is 11.2 Å². The summed E-state index contributed by atoms with van der Waals surface area (Å²) in [5.74, 6) is -0.381. The van der Waals surface area contributed by atoms with E-state index in [1.807, 2.05) is 30.3 Å². The number of nitrogens with zero attached hydrogens (tertiary/aromatic N) is 1. The number of hydrogen-bond acceptors (Lipinski definition) is 5. The van der Waals surface area contributed by atoms with E-state index in [2.05, 4.69) is 0 Å². The second-order valence-corrected chi connectivity index (χ2v) is 7.08. The van der Waals surface area contributed by atoms with Gasteiger partial charge >= 0.3 is 0 Å². The molecule has 0 radical (unpaired) electrons. The minimum atomic E-state index is -0.381. The Hall–Kier alpha value is -3.12. The van der Waals surface area contributed by atoms with E-state index in [9.17, 15) is 14.4 Å². The van der Waals surface area contributed by atoms with Crippen LogP contribution in [0, 0.1) is 0 Å². The van der Waals surface area contributed by atoms with Crippen molar-refractivity contribution in [2.45, 2.75) is 6.42 Å². The van der Waals surface area contributed by atoms with Crippen LogP contribution in [0.5, 0.6) is 0 Å². The molecule has 1 aliphatic heterocycles. The Bertz CT molecular complexity index is 1120. The summed E-state index contributed by atoms with van der Waals surface area (Å²) in [6.45, 7) is 0.304. The van der Waals surface area contributed by atoms with Crippen molar-refractivity contribution >= 4 is 40.0 Å². The number of hydrogen-bond donors (Lipinski definition) is 0. The highest BCUT2D eigenvalue weighted by atomic mass is 32.2. The van der Waals surface area contributed by atoms with Gasteiger partial charge in [-0.05, 0) is 42.0 Å². The van der Waals surface area contributed by atoms with Gasteiger partial charge in [0.1, 0.15) is 11.8 Å². The van der Waals surface area contributed by atoms with Crippen molar-refractivity contribution in [3.8, 4) is 0 Å². The van der Waals surface area contributed by atoms with Gasteiger partial charge in [-0.2, -0.15) is 0 Å². The highest BCUT2D eigenvalue weighted by molar-refractivity contribution is 8.18. The maximum absolute atomic E-state index is 12.6. The predicted molar refractivity (Wildman–Crippen MR) is 105 cm³/mol. The lowest BCUT2D eigenvalue weighted by Gasteiger charge is -2.12. The highest BCUT2D eigenvalue weighted by Crippen LogP contribution is 2.32. The molecule has 27 heavy (non-hydrogen) atoms. The molecule has 0 bridgehead atoms. The second kappa shape index (κ2) is 7.25. The fourth-order valence-corrected chi connectivity index (χ4v) is 3.77. The third-order valence-corrected chi connectivity index (χ3v) is 5.24. The first-order valence-corrected chi connectivity index (χ1v) is 9.25. The Kier molecular flexibility index (Phi) is 4.64. The van der Waals surface area contributed by atoms with E-state index in [0.717, 1.165) is 17.3 Å². The molecule has 134 valence electrons. The topological polar surface area (TPSA) is 67.6 Å². The van der Waals surface area contributed by atoms with E-state index in [1.54, 1.807) is 24.3 Å². The molecule has 3 aromatic rings. The summed E-state index contributed by atoms with van der Waals surface area (Å²) in [7, 11) is 0. The molecule has 0 aliphatic carbocycles. The molecular weight excluding hydrogens is 362 g/mol. The van der Waals surface area contributed by atoms with E-state index in [4.69, 9.17) is 4.42 Å². The molecule has 2 heterocycles. The molecule has 0 unspecified atom stereocenters. The van der Waals surface area contributed by atoms with E-state index >= 15 is 0 Å². The summed E-state index contributed by atoms with van der Waals surface area (Å²) >= 11 is 0.844. The molecular formula is C21H15NO4S. The first-order chi connectivity index (χ1) is 13.1. The Morgan fingerprint density at radius 3 is 2.52 bits per heavy atom. The van der Waals surface area contributed by atoms with Crippen molar-refractivity contribution in [3.05, 3.63) is 87.1 Å². The number of imide groups is 1. The summed E-state index contributed by atoms with van der Waals surface area (Å²) in [5, 5.41) is 0.113. The van der Waals surface area contributed by atoms with Crippen molar-refractivity contribution in [1.29, 1.82) is 0 Å². The zero-order valence-electron chi connectivity index (χ0n) is 14.3. The standard InChI is InChI=1S/C21H15NO4S/c23-19-15(13-26-17-9-5-4-8-16(17)19)12-18-20(24)22(21(25)27-18)11-10-14-6-2-1-3-7-14/h1-9,12-13H,10-11H2/b18-12+. The number of rotatable bonds is 4. The second-order valence-electron chi connectivity index (χ2n) is 6.09. The largest absolute Gasteiger partial charge is 0.463 e. The molecule has 4 rings (SSSR count). The molecule has 1 saturated heterocycles. The number of amides is 2. The van der Waals surface area contributed by atoms with Gasteiger partial charge in [0.2, 0.25) is 0 Å². The van der Waals surface area contributed by atoms with Crippen LogP contribution in [0.4, 0.5) is 4.79 Å². The van der Waals surface area contributed by atoms with Crippen LogP contribution < -0.4 is 5.43 Å². The Morgan fingerprint density at radius 1 is 0.963 bits per heavy atom. The van der Waals surface area contributed by atoms with Crippen LogP contribution in [0.15, 0.2) is 75.0 Å². The summed E-state index contributed by atoms with van der Waals surface area (Å²) in [4.78, 5) is 38.8. The van der Waals surface area contributed by atoms with Gasteiger partial charge in [0.15, 0.2) is 5.43 Å². The van der Waals surface area contributed by atoms with Gasteiger partial charge in [0, 0.05) is 6.54 Å². The van der Waals surface area contributed by atoms with Gasteiger partial charge in [0.25, 0.3) is 11.1 Å². The van der Waals surface area contributed by atoms with Gasteiger partial charge < -0.3 is 4.42 Å². The molecule has 0 atom stereocenters. The van der Waals surface area contributed by atoms with Crippen molar-refractivity contribution in [3.63, 3.8) is 0 Å². The van der Waals surface area contributed by atoms with E-state index < -0.39 is 0 Å². The normalized spacial score (nSPS) is 15.9. The van der Waals surface area contributed by atoms with Gasteiger partial charge in [-0.25, -0.2) is 0 Å². The SMILES string of the molecule is O=C1S/C(=C/c2coc3ccccc3c2=O)C(=O)N1CCc1ccccc1. The average Bonchev–Trinajstić information content (AvgIpc) is 2.96. The minimum absolute atomic E-state index is 0.229. The maximum atomic E-state index is 12.6. The quantitative estimate of drug-likeness (QED) is 0.641. The van der Waals surface area contributed by atoms with Gasteiger partial charge in [-0.3, -0.25) is 19.3 Å². The number of fused-ring (bicyclic) bond motifs is 1. The minimum Gasteiger partial charge on any atom is -0.463 e. The van der Waals surface area contributed by atoms with Crippen LogP contribution in [0.1, 0.15) is 11.1 Å². The molecule has 6 heteroatoms. The molecule has 1 aliphatic rings. The van der Waals surface area contributed by atoms with Crippen LogP contribution in [0.3, 0.4) is 0 Å². The smallest absolute Gasteiger partial charge is 0.293 e. The summed E-state index contributed by atoms with van der Waals surface area (Å²) in [5.41, 5.74) is 1.56. The van der Waals surface area contributed by atoms with Crippen LogP contribution in [0.2, 0.25) is 0 Å². The molecule has 2 aromatic carbocycles. The zero-order chi connectivity index (χ0) is 18.8. The zero-order valence-corrected chi connectivity index (χ0v) is 15.1. The number of carbonyl (C=O) groups is 2. The Morgan fingerprint density at radius 2 is 1.70 bits per heavy atom. The number of thioether (sulfide) groups is 1. The molecule has 1 fully saturated rings. The van der Waals surface area contributed by atoms with E-state index in [1.165, 1.54) is 17.2 Å².